The Kier molecular flexibility index (Phi) is 5.71. The second-order valence-corrected chi connectivity index (χ2v) is 5.60. The lowest BCUT2D eigenvalue weighted by Crippen LogP contribution is -2.17. The van der Waals surface area contributed by atoms with Crippen LogP contribution in [-0.2, 0) is 22.6 Å². The molecule has 0 atom stereocenters. The van der Waals surface area contributed by atoms with E-state index in [9.17, 15) is 9.59 Å². The third kappa shape index (κ3) is 4.13. The topological polar surface area (TPSA) is 107 Å². The van der Waals surface area contributed by atoms with E-state index < -0.39 is 11.5 Å². The van der Waals surface area contributed by atoms with Gasteiger partial charge in [-0.1, -0.05) is 18.2 Å². The zero-order chi connectivity index (χ0) is 18.4. The van der Waals surface area contributed by atoms with Gasteiger partial charge in [-0.05, 0) is 37.5 Å². The zero-order valence-corrected chi connectivity index (χ0v) is 14.0. The first-order valence-corrected chi connectivity index (χ1v) is 7.74. The van der Waals surface area contributed by atoms with Gasteiger partial charge in [-0.2, -0.15) is 10.5 Å². The van der Waals surface area contributed by atoms with Gasteiger partial charge in [0.25, 0.3) is 5.56 Å². The molecule has 25 heavy (non-hydrogen) atoms. The fourth-order valence-corrected chi connectivity index (χ4v) is 2.63. The smallest absolute Gasteiger partial charge is 0.306 e. The Morgan fingerprint density at radius 1 is 1.20 bits per heavy atom. The number of hydrogen-bond acceptors (Lipinski definition) is 5. The van der Waals surface area contributed by atoms with Crippen LogP contribution in [0.2, 0.25) is 0 Å². The highest BCUT2D eigenvalue weighted by Crippen LogP contribution is 2.16. The summed E-state index contributed by atoms with van der Waals surface area (Å²) in [5.74, 6) is -0.406. The van der Waals surface area contributed by atoms with E-state index in [1.807, 2.05) is 6.07 Å². The molecule has 0 aliphatic carbocycles. The van der Waals surface area contributed by atoms with Crippen molar-refractivity contribution in [1.82, 2.24) is 4.98 Å². The van der Waals surface area contributed by atoms with Crippen molar-refractivity contribution < 1.29 is 9.53 Å². The van der Waals surface area contributed by atoms with Crippen LogP contribution in [0.4, 0.5) is 0 Å². The monoisotopic (exact) mass is 335 g/mol. The van der Waals surface area contributed by atoms with Crippen molar-refractivity contribution in [2.75, 3.05) is 0 Å². The van der Waals surface area contributed by atoms with Crippen molar-refractivity contribution in [2.24, 2.45) is 0 Å². The number of carbonyl (C=O) groups excluding carboxylic acids is 1. The number of ether oxygens (including phenoxy) is 1. The van der Waals surface area contributed by atoms with E-state index in [4.69, 9.17) is 15.3 Å². The van der Waals surface area contributed by atoms with Crippen molar-refractivity contribution in [3.63, 3.8) is 0 Å². The van der Waals surface area contributed by atoms with Crippen molar-refractivity contribution in [3.8, 4) is 12.1 Å². The Morgan fingerprint density at radius 2 is 1.92 bits per heavy atom. The number of rotatable bonds is 5. The van der Waals surface area contributed by atoms with E-state index in [0.717, 1.165) is 5.56 Å². The fraction of sp³-hybridized carbons (Fsp3) is 0.263. The molecule has 126 valence electrons. The number of aromatic amines is 1. The maximum Gasteiger partial charge on any atom is 0.306 e. The molecule has 0 saturated heterocycles. The summed E-state index contributed by atoms with van der Waals surface area (Å²) in [4.78, 5) is 26.3. The number of pyridine rings is 1. The van der Waals surface area contributed by atoms with Crippen LogP contribution in [0.3, 0.4) is 0 Å². The lowest BCUT2D eigenvalue weighted by Gasteiger charge is -2.11. The molecule has 0 spiro atoms. The molecule has 0 fully saturated rings. The highest BCUT2D eigenvalue weighted by atomic mass is 16.5. The van der Waals surface area contributed by atoms with Gasteiger partial charge in [0.1, 0.15) is 18.2 Å². The van der Waals surface area contributed by atoms with E-state index in [1.165, 1.54) is 0 Å². The lowest BCUT2D eigenvalue weighted by atomic mass is 9.99. The van der Waals surface area contributed by atoms with Crippen molar-refractivity contribution >= 4 is 5.97 Å². The van der Waals surface area contributed by atoms with Crippen LogP contribution in [0.5, 0.6) is 0 Å². The van der Waals surface area contributed by atoms with Gasteiger partial charge in [-0.3, -0.25) is 9.59 Å². The molecule has 6 nitrogen and oxygen atoms in total. The molecule has 2 aromatic rings. The quantitative estimate of drug-likeness (QED) is 0.844. The predicted molar refractivity (Wildman–Crippen MR) is 90.5 cm³/mol. The minimum atomic E-state index is -0.420. The summed E-state index contributed by atoms with van der Waals surface area (Å²) in [5, 5.41) is 18.1. The van der Waals surface area contributed by atoms with Crippen LogP contribution in [0.15, 0.2) is 29.1 Å². The van der Waals surface area contributed by atoms with Crippen LogP contribution in [0.1, 0.15) is 39.9 Å². The molecule has 1 aromatic carbocycles. The number of nitrogens with one attached hydrogen (secondary N) is 1. The Balaban J connectivity index is 2.03. The van der Waals surface area contributed by atoms with Crippen LogP contribution in [-0.4, -0.2) is 11.0 Å². The van der Waals surface area contributed by atoms with Gasteiger partial charge in [-0.25, -0.2) is 0 Å². The van der Waals surface area contributed by atoms with Gasteiger partial charge in [0, 0.05) is 17.7 Å². The maximum absolute atomic E-state index is 12.0. The van der Waals surface area contributed by atoms with Crippen LogP contribution in [0.25, 0.3) is 0 Å². The molecule has 0 saturated carbocycles. The number of benzene rings is 1. The molecule has 1 aromatic heterocycles. The van der Waals surface area contributed by atoms with Crippen LogP contribution in [0, 0.1) is 36.5 Å². The van der Waals surface area contributed by atoms with Crippen molar-refractivity contribution in [3.05, 3.63) is 68.1 Å². The molecule has 0 amide bonds. The average Bonchev–Trinajstić information content (AvgIpc) is 2.60. The number of nitriles is 2. The Bertz CT molecular complexity index is 946. The summed E-state index contributed by atoms with van der Waals surface area (Å²) in [6.07, 6.45) is 0.481. The second kappa shape index (κ2) is 7.94. The van der Waals surface area contributed by atoms with Gasteiger partial charge in [0.2, 0.25) is 0 Å². The number of nitrogens with zero attached hydrogens (tertiary/aromatic N) is 2. The summed E-state index contributed by atoms with van der Waals surface area (Å²) in [7, 11) is 0. The largest absolute Gasteiger partial charge is 0.461 e. The number of aromatic nitrogens is 1. The van der Waals surface area contributed by atoms with Crippen molar-refractivity contribution in [2.45, 2.75) is 33.3 Å². The predicted octanol–water partition coefficient (Wildman–Crippen LogP) is 2.41. The minimum absolute atomic E-state index is 0.0373. The SMILES string of the molecule is Cc1[nH]c(=O)c(C#N)c(C)c1CCC(=O)OCc1ccccc1C#N. The van der Waals surface area contributed by atoms with Crippen LogP contribution >= 0.6 is 0 Å². The molecule has 0 bridgehead atoms. The molecule has 6 heteroatoms. The molecule has 0 aliphatic heterocycles. The van der Waals surface area contributed by atoms with Crippen LogP contribution < -0.4 is 5.56 Å². The second-order valence-electron chi connectivity index (χ2n) is 5.60. The standard InChI is InChI=1S/C19H17N3O3/c1-12-16(13(2)22-19(24)17(12)10-21)7-8-18(23)25-11-15-6-4-3-5-14(15)9-20/h3-6H,7-8,11H2,1-2H3,(H,22,24). The summed E-state index contributed by atoms with van der Waals surface area (Å²) in [5.41, 5.74) is 2.78. The lowest BCUT2D eigenvalue weighted by molar-refractivity contribution is -0.144. The molecule has 0 unspecified atom stereocenters. The van der Waals surface area contributed by atoms with Gasteiger partial charge < -0.3 is 9.72 Å². The molecular weight excluding hydrogens is 318 g/mol. The minimum Gasteiger partial charge on any atom is -0.461 e. The number of hydrogen-bond donors (Lipinski definition) is 1. The molecule has 0 aliphatic rings. The summed E-state index contributed by atoms with van der Waals surface area (Å²) in [6, 6.07) is 10.9. The van der Waals surface area contributed by atoms with Gasteiger partial charge in [0.15, 0.2) is 0 Å². The van der Waals surface area contributed by atoms with Gasteiger partial charge in [0.05, 0.1) is 11.6 Å². The number of aryl methyl sites for hydroxylation is 1. The average molecular weight is 335 g/mol. The first-order valence-electron chi connectivity index (χ1n) is 7.74. The third-order valence-electron chi connectivity index (χ3n) is 4.03. The first kappa shape index (κ1) is 18.0. The summed E-state index contributed by atoms with van der Waals surface area (Å²) < 4.78 is 5.23. The first-order chi connectivity index (χ1) is 12.0. The highest BCUT2D eigenvalue weighted by molar-refractivity contribution is 5.70. The molecule has 1 N–H and O–H groups in total. The fourth-order valence-electron chi connectivity index (χ4n) is 2.63. The number of carbonyl (C=O) groups is 1. The molecular formula is C19H17N3O3. The van der Waals surface area contributed by atoms with E-state index in [0.29, 0.717) is 28.8 Å². The summed E-state index contributed by atoms with van der Waals surface area (Å²) in [6.45, 7) is 3.47. The highest BCUT2D eigenvalue weighted by Gasteiger charge is 2.14. The van der Waals surface area contributed by atoms with E-state index >= 15 is 0 Å². The van der Waals surface area contributed by atoms with Gasteiger partial charge in [-0.15, -0.1) is 0 Å². The Morgan fingerprint density at radius 3 is 2.60 bits per heavy atom. The maximum atomic E-state index is 12.0. The van der Waals surface area contributed by atoms with E-state index in [1.54, 1.807) is 38.1 Å². The third-order valence-corrected chi connectivity index (χ3v) is 4.03. The Hall–Kier alpha value is -3.38. The van der Waals surface area contributed by atoms with Gasteiger partial charge >= 0.3 is 5.97 Å². The van der Waals surface area contributed by atoms with E-state index in [-0.39, 0.29) is 18.6 Å². The Labute approximate surface area is 145 Å². The normalized spacial score (nSPS) is 9.92. The zero-order valence-electron chi connectivity index (χ0n) is 14.0. The molecule has 2 rings (SSSR count). The number of H-pyrrole nitrogens is 1. The molecule has 1 heterocycles. The molecule has 0 radical (unpaired) electrons. The summed E-state index contributed by atoms with van der Waals surface area (Å²) >= 11 is 0. The van der Waals surface area contributed by atoms with E-state index in [2.05, 4.69) is 11.1 Å². The van der Waals surface area contributed by atoms with Crippen molar-refractivity contribution in [1.29, 1.82) is 10.5 Å². The number of esters is 1.